The van der Waals surface area contributed by atoms with E-state index in [9.17, 15) is 0 Å². The molecule has 2 nitrogen and oxygen atoms in total. The molecule has 3 heteroatoms. The highest BCUT2D eigenvalue weighted by atomic mass is 32.1. The van der Waals surface area contributed by atoms with Crippen molar-refractivity contribution in [3.05, 3.63) is 21.9 Å². The summed E-state index contributed by atoms with van der Waals surface area (Å²) in [5, 5.41) is 5.60. The van der Waals surface area contributed by atoms with E-state index in [0.29, 0.717) is 11.5 Å². The molecule has 1 fully saturated rings. The van der Waals surface area contributed by atoms with Crippen LogP contribution >= 0.6 is 11.3 Å². The SMILES string of the molecule is CCNC[C@H]1OCC2(CC2)c2ccsc21. The molecule has 1 atom stereocenters. The second-order valence-electron chi connectivity index (χ2n) is 4.59. The predicted octanol–water partition coefficient (Wildman–Crippen LogP) is 2.46. The lowest BCUT2D eigenvalue weighted by atomic mass is 9.93. The summed E-state index contributed by atoms with van der Waals surface area (Å²) in [7, 11) is 0. The Morgan fingerprint density at radius 1 is 1.60 bits per heavy atom. The molecule has 1 aromatic rings. The summed E-state index contributed by atoms with van der Waals surface area (Å²) < 4.78 is 5.99. The maximum Gasteiger partial charge on any atom is 0.104 e. The third-order valence-electron chi connectivity index (χ3n) is 3.55. The minimum absolute atomic E-state index is 0.297. The van der Waals surface area contributed by atoms with Crippen molar-refractivity contribution >= 4 is 11.3 Å². The number of thiophene rings is 1. The summed E-state index contributed by atoms with van der Waals surface area (Å²) in [6.07, 6.45) is 2.95. The second kappa shape index (κ2) is 3.58. The molecule has 0 radical (unpaired) electrons. The Morgan fingerprint density at radius 2 is 2.47 bits per heavy atom. The Morgan fingerprint density at radius 3 is 3.20 bits per heavy atom. The maximum absolute atomic E-state index is 5.99. The van der Waals surface area contributed by atoms with Crippen LogP contribution in [0.15, 0.2) is 11.4 Å². The van der Waals surface area contributed by atoms with Gasteiger partial charge in [0.2, 0.25) is 0 Å². The molecule has 0 unspecified atom stereocenters. The van der Waals surface area contributed by atoms with Crippen LogP contribution in [0.2, 0.25) is 0 Å². The summed E-state index contributed by atoms with van der Waals surface area (Å²) >= 11 is 1.86. The molecular formula is C12H17NOS. The molecule has 1 aliphatic heterocycles. The van der Waals surface area contributed by atoms with Gasteiger partial charge in [0.1, 0.15) is 6.10 Å². The van der Waals surface area contributed by atoms with E-state index < -0.39 is 0 Å². The highest BCUT2D eigenvalue weighted by Crippen LogP contribution is 2.55. The van der Waals surface area contributed by atoms with Crippen molar-refractivity contribution in [3.63, 3.8) is 0 Å². The fraction of sp³-hybridized carbons (Fsp3) is 0.667. The average molecular weight is 223 g/mol. The van der Waals surface area contributed by atoms with Crippen molar-refractivity contribution in [3.8, 4) is 0 Å². The summed E-state index contributed by atoms with van der Waals surface area (Å²) in [5.41, 5.74) is 2.01. The molecule has 1 aromatic heterocycles. The quantitative estimate of drug-likeness (QED) is 0.850. The molecule has 0 bridgehead atoms. The van der Waals surface area contributed by atoms with Crippen LogP contribution in [0.5, 0.6) is 0 Å². The highest BCUT2D eigenvalue weighted by Gasteiger charge is 2.50. The van der Waals surface area contributed by atoms with Gasteiger partial charge in [0, 0.05) is 16.8 Å². The van der Waals surface area contributed by atoms with Gasteiger partial charge in [0.15, 0.2) is 0 Å². The fourth-order valence-electron chi connectivity index (χ4n) is 2.41. The molecule has 1 spiro atoms. The van der Waals surface area contributed by atoms with Crippen LogP contribution in [-0.2, 0) is 10.2 Å². The van der Waals surface area contributed by atoms with Crippen LogP contribution < -0.4 is 5.32 Å². The molecule has 0 amide bonds. The van der Waals surface area contributed by atoms with E-state index >= 15 is 0 Å². The molecule has 2 aliphatic rings. The molecule has 0 saturated heterocycles. The van der Waals surface area contributed by atoms with E-state index in [0.717, 1.165) is 19.7 Å². The first-order chi connectivity index (χ1) is 7.36. The smallest absolute Gasteiger partial charge is 0.104 e. The Hall–Kier alpha value is -0.380. The molecular weight excluding hydrogens is 206 g/mol. The van der Waals surface area contributed by atoms with E-state index in [1.807, 2.05) is 11.3 Å². The molecule has 1 N–H and O–H groups in total. The van der Waals surface area contributed by atoms with Crippen molar-refractivity contribution in [1.29, 1.82) is 0 Å². The summed E-state index contributed by atoms with van der Waals surface area (Å²) in [6, 6.07) is 2.31. The van der Waals surface area contributed by atoms with Gasteiger partial charge in [0.05, 0.1) is 6.61 Å². The van der Waals surface area contributed by atoms with E-state index in [1.165, 1.54) is 17.7 Å². The van der Waals surface area contributed by atoms with Gasteiger partial charge in [-0.2, -0.15) is 0 Å². The van der Waals surface area contributed by atoms with Crippen molar-refractivity contribution in [2.24, 2.45) is 0 Å². The molecule has 15 heavy (non-hydrogen) atoms. The number of rotatable bonds is 3. The van der Waals surface area contributed by atoms with E-state index in [-0.39, 0.29) is 0 Å². The average Bonchev–Trinajstić information content (AvgIpc) is 2.84. The number of fused-ring (bicyclic) bond motifs is 2. The molecule has 1 aliphatic carbocycles. The molecule has 0 aromatic carbocycles. The third-order valence-corrected chi connectivity index (χ3v) is 4.56. The van der Waals surface area contributed by atoms with Gasteiger partial charge in [0.25, 0.3) is 0 Å². The van der Waals surface area contributed by atoms with Gasteiger partial charge in [-0.15, -0.1) is 11.3 Å². The molecule has 3 rings (SSSR count). The zero-order valence-electron chi connectivity index (χ0n) is 9.08. The van der Waals surface area contributed by atoms with Crippen LogP contribution in [0, 0.1) is 0 Å². The van der Waals surface area contributed by atoms with Gasteiger partial charge in [-0.05, 0) is 36.4 Å². The summed E-state index contributed by atoms with van der Waals surface area (Å²) in [5.74, 6) is 0. The molecule has 82 valence electrons. The number of hydrogen-bond donors (Lipinski definition) is 1. The highest BCUT2D eigenvalue weighted by molar-refractivity contribution is 7.10. The number of likely N-dealkylation sites (N-methyl/N-ethyl adjacent to an activating group) is 1. The first-order valence-corrected chi connectivity index (χ1v) is 6.64. The van der Waals surface area contributed by atoms with Gasteiger partial charge < -0.3 is 10.1 Å². The minimum atomic E-state index is 0.297. The third kappa shape index (κ3) is 1.53. The number of nitrogens with one attached hydrogen (secondary N) is 1. The first-order valence-electron chi connectivity index (χ1n) is 5.76. The Kier molecular flexibility index (Phi) is 2.34. The van der Waals surface area contributed by atoms with Gasteiger partial charge in [-0.1, -0.05) is 6.92 Å². The van der Waals surface area contributed by atoms with Crippen LogP contribution in [0.25, 0.3) is 0 Å². The lowest BCUT2D eigenvalue weighted by molar-refractivity contribution is 0.0253. The van der Waals surface area contributed by atoms with Gasteiger partial charge >= 0.3 is 0 Å². The van der Waals surface area contributed by atoms with Crippen molar-refractivity contribution < 1.29 is 4.74 Å². The second-order valence-corrected chi connectivity index (χ2v) is 5.53. The minimum Gasteiger partial charge on any atom is -0.370 e. The van der Waals surface area contributed by atoms with E-state index in [4.69, 9.17) is 4.74 Å². The zero-order chi connectivity index (χ0) is 10.3. The summed E-state index contributed by atoms with van der Waals surface area (Å²) in [4.78, 5) is 1.47. The standard InChI is InChI=1S/C12H17NOS/c1-2-13-7-10-11-9(3-6-15-11)12(4-5-12)8-14-10/h3,6,10,13H,2,4-5,7-8H2,1H3/t10-/m1/s1. The predicted molar refractivity (Wildman–Crippen MR) is 62.5 cm³/mol. The van der Waals surface area contributed by atoms with Crippen molar-refractivity contribution in [1.82, 2.24) is 5.32 Å². The van der Waals surface area contributed by atoms with Gasteiger partial charge in [-0.3, -0.25) is 0 Å². The normalized spacial score (nSPS) is 26.6. The van der Waals surface area contributed by atoms with Crippen LogP contribution in [0.4, 0.5) is 0 Å². The Balaban J connectivity index is 1.84. The van der Waals surface area contributed by atoms with Crippen LogP contribution in [-0.4, -0.2) is 19.7 Å². The maximum atomic E-state index is 5.99. The zero-order valence-corrected chi connectivity index (χ0v) is 9.90. The fourth-order valence-corrected chi connectivity index (χ4v) is 3.48. The van der Waals surface area contributed by atoms with Crippen LogP contribution in [0.3, 0.4) is 0 Å². The monoisotopic (exact) mass is 223 g/mol. The first kappa shape index (κ1) is 9.82. The summed E-state index contributed by atoms with van der Waals surface area (Å²) in [6.45, 7) is 5.05. The molecule has 1 saturated carbocycles. The largest absolute Gasteiger partial charge is 0.370 e. The van der Waals surface area contributed by atoms with Crippen LogP contribution in [0.1, 0.15) is 36.3 Å². The number of hydrogen-bond acceptors (Lipinski definition) is 3. The Bertz CT molecular complexity index is 356. The topological polar surface area (TPSA) is 21.3 Å². The van der Waals surface area contributed by atoms with Crippen molar-refractivity contribution in [2.75, 3.05) is 19.7 Å². The van der Waals surface area contributed by atoms with E-state index in [1.54, 1.807) is 5.56 Å². The molecule has 2 heterocycles. The van der Waals surface area contributed by atoms with E-state index in [2.05, 4.69) is 23.7 Å². The lowest BCUT2D eigenvalue weighted by Crippen LogP contribution is -2.31. The van der Waals surface area contributed by atoms with Gasteiger partial charge in [-0.25, -0.2) is 0 Å². The van der Waals surface area contributed by atoms with Crippen molar-refractivity contribution in [2.45, 2.75) is 31.3 Å². The lowest BCUT2D eigenvalue weighted by Gasteiger charge is -2.29. The number of ether oxygens (including phenoxy) is 1. The Labute approximate surface area is 94.6 Å².